The van der Waals surface area contributed by atoms with Crippen LogP contribution in [0.25, 0.3) is 0 Å². The number of rotatable bonds is 4. The minimum absolute atomic E-state index is 0.145. The summed E-state index contributed by atoms with van der Waals surface area (Å²) in [5.74, 6) is -0.608. The van der Waals surface area contributed by atoms with Crippen molar-refractivity contribution in [1.29, 1.82) is 0 Å². The number of benzene rings is 1. The van der Waals surface area contributed by atoms with Crippen LogP contribution in [0, 0.1) is 0 Å². The van der Waals surface area contributed by atoms with Gasteiger partial charge in [-0.1, -0.05) is 28.1 Å². The molecule has 1 amide bonds. The molecule has 0 aliphatic rings. The molecule has 5 heteroatoms. The third-order valence-corrected chi connectivity index (χ3v) is 2.32. The summed E-state index contributed by atoms with van der Waals surface area (Å²) >= 11 is 3.17. The van der Waals surface area contributed by atoms with E-state index in [1.807, 2.05) is 0 Å². The highest BCUT2D eigenvalue weighted by Gasteiger charge is 2.12. The predicted octanol–water partition coefficient (Wildman–Crippen LogP) is 2.20. The molecule has 1 rings (SSSR count). The van der Waals surface area contributed by atoms with E-state index in [1.54, 1.807) is 24.3 Å². The molecule has 1 aromatic rings. The van der Waals surface area contributed by atoms with Crippen LogP contribution in [-0.2, 0) is 9.53 Å². The summed E-state index contributed by atoms with van der Waals surface area (Å²) in [6, 6.07) is 6.73. The van der Waals surface area contributed by atoms with Crippen LogP contribution >= 0.6 is 15.9 Å². The van der Waals surface area contributed by atoms with Crippen LogP contribution in [0.1, 0.15) is 16.8 Å². The zero-order valence-electron chi connectivity index (χ0n) is 8.83. The van der Waals surface area contributed by atoms with Gasteiger partial charge in [0.05, 0.1) is 18.4 Å². The van der Waals surface area contributed by atoms with E-state index in [9.17, 15) is 9.59 Å². The van der Waals surface area contributed by atoms with Gasteiger partial charge in [0.15, 0.2) is 0 Å². The van der Waals surface area contributed by atoms with Gasteiger partial charge in [0, 0.05) is 11.8 Å². The molecule has 0 saturated heterocycles. The molecule has 0 saturated carbocycles. The Kier molecular flexibility index (Phi) is 4.98. The third kappa shape index (κ3) is 3.34. The van der Waals surface area contributed by atoms with Gasteiger partial charge in [0.2, 0.25) is 5.91 Å². The Morgan fingerprint density at radius 3 is 2.69 bits per heavy atom. The number of amides is 1. The van der Waals surface area contributed by atoms with Gasteiger partial charge in [-0.25, -0.2) is 4.79 Å². The number of methoxy groups -OCH3 is 1. The van der Waals surface area contributed by atoms with E-state index in [-0.39, 0.29) is 5.91 Å². The molecular formula is C11H12BrNO3. The minimum atomic E-state index is -0.463. The second-order valence-electron chi connectivity index (χ2n) is 3.02. The fourth-order valence-electron chi connectivity index (χ4n) is 1.18. The number of nitrogens with one attached hydrogen (secondary N) is 1. The van der Waals surface area contributed by atoms with Gasteiger partial charge in [-0.2, -0.15) is 0 Å². The molecular weight excluding hydrogens is 274 g/mol. The zero-order valence-corrected chi connectivity index (χ0v) is 10.4. The number of carbonyl (C=O) groups excluding carboxylic acids is 2. The monoisotopic (exact) mass is 285 g/mol. The molecule has 0 bridgehead atoms. The van der Waals surface area contributed by atoms with Crippen molar-refractivity contribution >= 4 is 33.5 Å². The fourth-order valence-corrected chi connectivity index (χ4v) is 1.54. The van der Waals surface area contributed by atoms with Gasteiger partial charge in [-0.05, 0) is 12.1 Å². The molecule has 4 nitrogen and oxygen atoms in total. The molecule has 0 spiro atoms. The molecule has 1 N–H and O–H groups in total. The Labute approximate surface area is 102 Å². The molecule has 0 fully saturated rings. The quantitative estimate of drug-likeness (QED) is 0.682. The van der Waals surface area contributed by atoms with Crippen molar-refractivity contribution < 1.29 is 14.3 Å². The smallest absolute Gasteiger partial charge is 0.339 e. The summed E-state index contributed by atoms with van der Waals surface area (Å²) < 4.78 is 4.62. The van der Waals surface area contributed by atoms with Gasteiger partial charge >= 0.3 is 5.97 Å². The summed E-state index contributed by atoms with van der Waals surface area (Å²) in [6.07, 6.45) is 0.357. The molecule has 0 unspecified atom stereocenters. The summed E-state index contributed by atoms with van der Waals surface area (Å²) in [4.78, 5) is 22.8. The minimum Gasteiger partial charge on any atom is -0.465 e. The lowest BCUT2D eigenvalue weighted by Gasteiger charge is -2.08. The second-order valence-corrected chi connectivity index (χ2v) is 3.82. The summed E-state index contributed by atoms with van der Waals surface area (Å²) in [7, 11) is 1.30. The summed E-state index contributed by atoms with van der Waals surface area (Å²) in [6.45, 7) is 0. The summed E-state index contributed by atoms with van der Waals surface area (Å²) in [5.41, 5.74) is 0.827. The molecule has 1 aromatic carbocycles. The molecule has 0 heterocycles. The van der Waals surface area contributed by atoms with Crippen LogP contribution < -0.4 is 5.32 Å². The van der Waals surface area contributed by atoms with Crippen LogP contribution in [0.4, 0.5) is 5.69 Å². The lowest BCUT2D eigenvalue weighted by atomic mass is 10.2. The Morgan fingerprint density at radius 2 is 2.06 bits per heavy atom. The van der Waals surface area contributed by atoms with Gasteiger partial charge in [0.25, 0.3) is 0 Å². The van der Waals surface area contributed by atoms with Gasteiger partial charge < -0.3 is 10.1 Å². The normalized spacial score (nSPS) is 9.62. The van der Waals surface area contributed by atoms with Gasteiger partial charge in [0.1, 0.15) is 0 Å². The van der Waals surface area contributed by atoms with Crippen LogP contribution in [0.2, 0.25) is 0 Å². The first-order valence-corrected chi connectivity index (χ1v) is 5.84. The van der Waals surface area contributed by atoms with Crippen molar-refractivity contribution in [2.24, 2.45) is 0 Å². The van der Waals surface area contributed by atoms with E-state index in [2.05, 4.69) is 26.0 Å². The largest absolute Gasteiger partial charge is 0.465 e. The van der Waals surface area contributed by atoms with E-state index in [4.69, 9.17) is 0 Å². The maximum Gasteiger partial charge on any atom is 0.339 e. The van der Waals surface area contributed by atoms with Crippen LogP contribution in [0.3, 0.4) is 0 Å². The van der Waals surface area contributed by atoms with Crippen LogP contribution in [0.15, 0.2) is 24.3 Å². The van der Waals surface area contributed by atoms with E-state index >= 15 is 0 Å². The second kappa shape index (κ2) is 6.27. The number of alkyl halides is 1. The van der Waals surface area contributed by atoms with Crippen molar-refractivity contribution in [3.63, 3.8) is 0 Å². The first-order valence-electron chi connectivity index (χ1n) is 4.72. The molecule has 0 aliphatic carbocycles. The fraction of sp³-hybridized carbons (Fsp3) is 0.273. The van der Waals surface area contributed by atoms with Crippen molar-refractivity contribution in [3.8, 4) is 0 Å². The predicted molar refractivity (Wildman–Crippen MR) is 64.8 cm³/mol. The van der Waals surface area contributed by atoms with Crippen molar-refractivity contribution in [2.75, 3.05) is 17.8 Å². The maximum atomic E-state index is 11.4. The molecule has 0 radical (unpaired) electrons. The van der Waals surface area contributed by atoms with E-state index in [0.717, 1.165) is 0 Å². The Bertz CT molecular complexity index is 393. The standard InChI is InChI=1S/C11H12BrNO3/c1-16-11(15)8-4-2-3-5-9(8)13-10(14)6-7-12/h2-5H,6-7H2,1H3,(H,13,14). The lowest BCUT2D eigenvalue weighted by Crippen LogP contribution is -2.15. The molecule has 16 heavy (non-hydrogen) atoms. The Balaban J connectivity index is 2.87. The third-order valence-electron chi connectivity index (χ3n) is 1.93. The number of esters is 1. The number of carbonyl (C=O) groups is 2. The van der Waals surface area contributed by atoms with Crippen molar-refractivity contribution in [1.82, 2.24) is 0 Å². The highest BCUT2D eigenvalue weighted by molar-refractivity contribution is 9.09. The highest BCUT2D eigenvalue weighted by Crippen LogP contribution is 2.16. The molecule has 86 valence electrons. The molecule has 0 aliphatic heterocycles. The van der Waals surface area contributed by atoms with E-state index in [0.29, 0.717) is 23.0 Å². The number of halogens is 1. The summed E-state index contributed by atoms with van der Waals surface area (Å²) in [5, 5.41) is 3.24. The number of ether oxygens (including phenoxy) is 1. The molecule has 0 atom stereocenters. The molecule has 0 aromatic heterocycles. The number of anilines is 1. The van der Waals surface area contributed by atoms with Crippen LogP contribution in [-0.4, -0.2) is 24.3 Å². The van der Waals surface area contributed by atoms with Crippen molar-refractivity contribution in [2.45, 2.75) is 6.42 Å². The topological polar surface area (TPSA) is 55.4 Å². The average Bonchev–Trinajstić information content (AvgIpc) is 2.29. The highest BCUT2D eigenvalue weighted by atomic mass is 79.9. The first kappa shape index (κ1) is 12.7. The zero-order chi connectivity index (χ0) is 12.0. The first-order chi connectivity index (χ1) is 7.69. The average molecular weight is 286 g/mol. The van der Waals surface area contributed by atoms with E-state index in [1.165, 1.54) is 7.11 Å². The Morgan fingerprint density at radius 1 is 1.38 bits per heavy atom. The lowest BCUT2D eigenvalue weighted by molar-refractivity contribution is -0.115. The van der Waals surface area contributed by atoms with E-state index < -0.39 is 5.97 Å². The Hall–Kier alpha value is -1.36. The van der Waals surface area contributed by atoms with Crippen LogP contribution in [0.5, 0.6) is 0 Å². The van der Waals surface area contributed by atoms with Crippen molar-refractivity contribution in [3.05, 3.63) is 29.8 Å². The SMILES string of the molecule is COC(=O)c1ccccc1NC(=O)CCBr. The number of hydrogen-bond donors (Lipinski definition) is 1. The number of para-hydroxylation sites is 1. The van der Waals surface area contributed by atoms with Gasteiger partial charge in [-0.3, -0.25) is 4.79 Å². The maximum absolute atomic E-state index is 11.4. The van der Waals surface area contributed by atoms with Gasteiger partial charge in [-0.15, -0.1) is 0 Å². The number of hydrogen-bond acceptors (Lipinski definition) is 3.